The Morgan fingerprint density at radius 3 is 1.58 bits per heavy atom. The molecule has 0 aromatic heterocycles. The lowest BCUT2D eigenvalue weighted by Crippen LogP contribution is -2.08. The molecule has 0 aliphatic rings. The van der Waals surface area contributed by atoms with Crippen LogP contribution in [0.25, 0.3) is 12.2 Å². The number of hydrogen-bond acceptors (Lipinski definition) is 4. The minimum absolute atomic E-state index is 0.0633. The van der Waals surface area contributed by atoms with Gasteiger partial charge >= 0.3 is 23.9 Å². The average Bonchev–Trinajstić information content (AvgIpc) is 2.58. The van der Waals surface area contributed by atoms with Crippen molar-refractivity contribution in [1.29, 1.82) is 0 Å². The summed E-state index contributed by atoms with van der Waals surface area (Å²) >= 11 is 0. The zero-order chi connectivity index (χ0) is 19.4. The summed E-state index contributed by atoms with van der Waals surface area (Å²) < 4.78 is 0. The van der Waals surface area contributed by atoms with Crippen LogP contribution >= 0.6 is 0 Å². The number of benzene rings is 2. The lowest BCUT2D eigenvalue weighted by molar-refractivity contribution is 0.0651. The largest absolute Gasteiger partial charge is 0.478 e. The van der Waals surface area contributed by atoms with Crippen molar-refractivity contribution in [2.24, 2.45) is 0 Å². The third-order valence-corrected chi connectivity index (χ3v) is 3.51. The van der Waals surface area contributed by atoms with E-state index in [9.17, 15) is 29.4 Å². The Balaban J connectivity index is 2.56. The second-order valence-electron chi connectivity index (χ2n) is 5.13. The van der Waals surface area contributed by atoms with Crippen LogP contribution in [0.1, 0.15) is 52.6 Å². The summed E-state index contributed by atoms with van der Waals surface area (Å²) in [6, 6.07) is 7.32. The number of carboxylic acid groups (broad SMARTS) is 4. The number of hydrogen-bond donors (Lipinski definition) is 4. The van der Waals surface area contributed by atoms with Gasteiger partial charge in [-0.2, -0.15) is 0 Å². The molecule has 8 nitrogen and oxygen atoms in total. The van der Waals surface area contributed by atoms with Crippen LogP contribution in [-0.4, -0.2) is 44.3 Å². The Morgan fingerprint density at radius 2 is 1.12 bits per heavy atom. The fourth-order valence-corrected chi connectivity index (χ4v) is 2.33. The van der Waals surface area contributed by atoms with Crippen molar-refractivity contribution < 1.29 is 39.6 Å². The first-order valence-corrected chi connectivity index (χ1v) is 7.10. The van der Waals surface area contributed by atoms with E-state index in [0.29, 0.717) is 0 Å². The summed E-state index contributed by atoms with van der Waals surface area (Å²) in [5.74, 6) is -5.47. The maximum absolute atomic E-state index is 11.3. The highest BCUT2D eigenvalue weighted by Gasteiger charge is 2.17. The molecule has 0 amide bonds. The Morgan fingerprint density at radius 1 is 0.615 bits per heavy atom. The van der Waals surface area contributed by atoms with Gasteiger partial charge in [0.2, 0.25) is 0 Å². The first-order chi connectivity index (χ1) is 12.2. The van der Waals surface area contributed by atoms with Gasteiger partial charge in [0.1, 0.15) is 0 Å². The molecule has 0 unspecified atom stereocenters. The highest BCUT2D eigenvalue weighted by molar-refractivity contribution is 6.03. The molecule has 0 aliphatic carbocycles. The summed E-state index contributed by atoms with van der Waals surface area (Å²) in [6.45, 7) is 0. The number of rotatable bonds is 6. The predicted molar refractivity (Wildman–Crippen MR) is 89.6 cm³/mol. The fourth-order valence-electron chi connectivity index (χ4n) is 2.33. The molecule has 4 N–H and O–H groups in total. The van der Waals surface area contributed by atoms with E-state index in [2.05, 4.69) is 0 Å². The van der Waals surface area contributed by atoms with Gasteiger partial charge in [0.15, 0.2) is 0 Å². The summed E-state index contributed by atoms with van der Waals surface area (Å²) in [5.41, 5.74) is -1.10. The van der Waals surface area contributed by atoms with Gasteiger partial charge < -0.3 is 20.4 Å². The minimum atomic E-state index is -1.44. The van der Waals surface area contributed by atoms with Crippen molar-refractivity contribution in [3.05, 3.63) is 69.8 Å². The van der Waals surface area contributed by atoms with Gasteiger partial charge in [-0.15, -0.1) is 0 Å². The topological polar surface area (TPSA) is 149 Å². The highest BCUT2D eigenvalue weighted by Crippen LogP contribution is 2.20. The Labute approximate surface area is 146 Å². The maximum Gasteiger partial charge on any atom is 0.336 e. The summed E-state index contributed by atoms with van der Waals surface area (Å²) in [6.07, 6.45) is 2.54. The lowest BCUT2D eigenvalue weighted by atomic mass is 9.98. The SMILES string of the molecule is O=C(O)c1ccc(/C=C/c2c(C(=O)O)cccc2C(=O)O)cc1C(=O)O. The fraction of sp³-hybridized carbons (Fsp3) is 0. The standard InChI is InChI=1S/C18H12O8/c19-15(20)11-2-1-3-12(16(21)22)10(11)6-4-9-5-7-13(17(23)24)14(8-9)18(25)26/h1-8H,(H,19,20)(H,21,22)(H,23,24)(H,25,26)/b6-4+. The molecule has 0 saturated carbocycles. The van der Waals surface area contributed by atoms with E-state index in [1.54, 1.807) is 0 Å². The zero-order valence-electron chi connectivity index (χ0n) is 13.0. The first kappa shape index (κ1) is 18.4. The number of carbonyl (C=O) groups is 4. The van der Waals surface area contributed by atoms with Gasteiger partial charge in [-0.05, 0) is 29.8 Å². The molecule has 0 atom stereocenters. The molecule has 0 heterocycles. The number of carboxylic acids is 4. The van der Waals surface area contributed by atoms with Crippen LogP contribution < -0.4 is 0 Å². The van der Waals surface area contributed by atoms with E-state index in [1.807, 2.05) is 0 Å². The molecule has 26 heavy (non-hydrogen) atoms. The molecule has 2 aromatic rings. The average molecular weight is 356 g/mol. The molecule has 8 heteroatoms. The molecule has 0 aliphatic heterocycles. The molecule has 0 radical (unpaired) electrons. The summed E-state index contributed by atoms with van der Waals surface area (Å²) in [5, 5.41) is 36.5. The van der Waals surface area contributed by atoms with Gasteiger partial charge in [0.05, 0.1) is 22.3 Å². The Hall–Kier alpha value is -3.94. The third kappa shape index (κ3) is 3.75. The quantitative estimate of drug-likeness (QED) is 0.577. The second-order valence-corrected chi connectivity index (χ2v) is 5.13. The second kappa shape index (κ2) is 7.31. The Kier molecular flexibility index (Phi) is 5.17. The van der Waals surface area contributed by atoms with E-state index in [4.69, 9.17) is 10.2 Å². The van der Waals surface area contributed by atoms with Crippen LogP contribution in [0.5, 0.6) is 0 Å². The predicted octanol–water partition coefficient (Wildman–Crippen LogP) is 2.65. The van der Waals surface area contributed by atoms with E-state index >= 15 is 0 Å². The van der Waals surface area contributed by atoms with Crippen LogP contribution in [0, 0.1) is 0 Å². The third-order valence-electron chi connectivity index (χ3n) is 3.51. The monoisotopic (exact) mass is 356 g/mol. The van der Waals surface area contributed by atoms with E-state index in [-0.39, 0.29) is 22.3 Å². The zero-order valence-corrected chi connectivity index (χ0v) is 13.0. The van der Waals surface area contributed by atoms with Gasteiger partial charge in [0.25, 0.3) is 0 Å². The highest BCUT2D eigenvalue weighted by atomic mass is 16.4. The smallest absolute Gasteiger partial charge is 0.336 e. The van der Waals surface area contributed by atoms with Crippen molar-refractivity contribution in [2.45, 2.75) is 0 Å². The molecule has 2 rings (SSSR count). The van der Waals surface area contributed by atoms with Gasteiger partial charge in [-0.1, -0.05) is 24.3 Å². The van der Waals surface area contributed by atoms with Gasteiger partial charge in [-0.25, -0.2) is 19.2 Å². The summed E-state index contributed by atoms with van der Waals surface area (Å²) in [4.78, 5) is 44.8. The number of aromatic carboxylic acids is 4. The Bertz CT molecular complexity index is 923. The molecular weight excluding hydrogens is 344 g/mol. The minimum Gasteiger partial charge on any atom is -0.478 e. The van der Waals surface area contributed by atoms with Crippen LogP contribution in [0.3, 0.4) is 0 Å². The maximum atomic E-state index is 11.3. The van der Waals surface area contributed by atoms with Crippen LogP contribution in [-0.2, 0) is 0 Å². The van der Waals surface area contributed by atoms with Gasteiger partial charge in [-0.3, -0.25) is 0 Å². The van der Waals surface area contributed by atoms with Crippen molar-refractivity contribution in [3.63, 3.8) is 0 Å². The first-order valence-electron chi connectivity index (χ1n) is 7.10. The lowest BCUT2D eigenvalue weighted by Gasteiger charge is -2.06. The van der Waals surface area contributed by atoms with E-state index in [0.717, 1.165) is 12.1 Å². The van der Waals surface area contributed by atoms with Crippen molar-refractivity contribution in [1.82, 2.24) is 0 Å². The molecule has 132 valence electrons. The van der Waals surface area contributed by atoms with Crippen LogP contribution in [0.4, 0.5) is 0 Å². The van der Waals surface area contributed by atoms with Gasteiger partial charge in [0, 0.05) is 5.56 Å². The molecule has 0 saturated heterocycles. The van der Waals surface area contributed by atoms with E-state index < -0.39 is 35.0 Å². The van der Waals surface area contributed by atoms with Crippen LogP contribution in [0.15, 0.2) is 36.4 Å². The molecule has 2 aromatic carbocycles. The van der Waals surface area contributed by atoms with E-state index in [1.165, 1.54) is 36.4 Å². The molecule has 0 bridgehead atoms. The summed E-state index contributed by atoms with van der Waals surface area (Å²) in [7, 11) is 0. The van der Waals surface area contributed by atoms with Crippen molar-refractivity contribution in [2.75, 3.05) is 0 Å². The molecule has 0 fully saturated rings. The van der Waals surface area contributed by atoms with Crippen molar-refractivity contribution in [3.8, 4) is 0 Å². The molecular formula is C18H12O8. The normalized spacial score (nSPS) is 10.6. The van der Waals surface area contributed by atoms with Crippen molar-refractivity contribution >= 4 is 36.0 Å². The molecule has 0 spiro atoms. The van der Waals surface area contributed by atoms with Crippen LogP contribution in [0.2, 0.25) is 0 Å².